The van der Waals surface area contributed by atoms with Gasteiger partial charge in [0.15, 0.2) is 42.0 Å². The summed E-state index contributed by atoms with van der Waals surface area (Å²) >= 11 is 0.610. The Morgan fingerprint density at radius 3 is 2.47 bits per heavy atom. The minimum atomic E-state index is -5.26. The number of benzene rings is 2. The van der Waals surface area contributed by atoms with Crippen molar-refractivity contribution >= 4 is 60.6 Å². The molecule has 0 spiro atoms. The highest BCUT2D eigenvalue weighted by Crippen LogP contribution is 2.65. The zero-order chi connectivity index (χ0) is 42.5. The van der Waals surface area contributed by atoms with Crippen molar-refractivity contribution in [3.05, 3.63) is 89.6 Å². The highest BCUT2D eigenvalue weighted by Gasteiger charge is 2.56. The molecule has 2 bridgehead atoms. The number of alkyl halides is 2. The first-order valence-electron chi connectivity index (χ1n) is 18.2. The number of rotatable bonds is 7. The summed E-state index contributed by atoms with van der Waals surface area (Å²) in [5.74, 6) is -1.82. The Balaban J connectivity index is 1.08. The molecule has 318 valence electrons. The van der Waals surface area contributed by atoms with E-state index in [1.807, 2.05) is 13.0 Å². The maximum atomic E-state index is 16.5. The van der Waals surface area contributed by atoms with Crippen molar-refractivity contribution in [1.82, 2.24) is 24.4 Å². The molecule has 24 heteroatoms. The number of halogens is 2. The van der Waals surface area contributed by atoms with Crippen LogP contribution in [0.4, 0.5) is 14.6 Å². The standard InChI is InChI=1S/C36H36F2N6O13P2S/c1-18-3-8-23(19(2)11-18)36(47)53-22-6-4-20(5-7-22)15-60-59(50)52-14-25-30(28(38)34(55-25)43-10-9-21(45)12-26(43)46)56-58(48,49)51-13-24-27(37)31(57-59)35(54-24)44-17-42-29-32(39)40-16-41-33(29)44/h3-11,16-17,24-25,27-28,30-31,34-35H,12-15H2,1-2H3,(H,48,49)(H2,39,40,41)/t24-,25-,27-,28-,30-,31-,34-,35-,59?/m1/s1. The van der Waals surface area contributed by atoms with Gasteiger partial charge >= 0.3 is 20.6 Å². The predicted octanol–water partition coefficient (Wildman–Crippen LogP) is 4.82. The Labute approximate surface area is 343 Å². The van der Waals surface area contributed by atoms with Crippen LogP contribution in [0.2, 0.25) is 0 Å². The van der Waals surface area contributed by atoms with E-state index in [2.05, 4.69) is 15.0 Å². The van der Waals surface area contributed by atoms with Crippen molar-refractivity contribution in [3.63, 3.8) is 0 Å². The summed E-state index contributed by atoms with van der Waals surface area (Å²) in [5.41, 5.74) is 8.82. The number of fused-ring (bicyclic) bond motifs is 4. The number of phosphoric ester groups is 1. The molecule has 3 N–H and O–H groups in total. The lowest BCUT2D eigenvalue weighted by atomic mass is 10.1. The first kappa shape index (κ1) is 42.2. The van der Waals surface area contributed by atoms with Crippen LogP contribution in [0.1, 0.15) is 39.7 Å². The first-order chi connectivity index (χ1) is 28.6. The van der Waals surface area contributed by atoms with Gasteiger partial charge in [-0.1, -0.05) is 29.8 Å². The summed E-state index contributed by atoms with van der Waals surface area (Å²) in [6, 6.07) is 11.5. The number of nitrogens with two attached hydrogens (primary N) is 1. The monoisotopic (exact) mass is 892 g/mol. The van der Waals surface area contributed by atoms with Gasteiger partial charge in [0.1, 0.15) is 42.0 Å². The predicted molar refractivity (Wildman–Crippen MR) is 205 cm³/mol. The van der Waals surface area contributed by atoms with Gasteiger partial charge in [-0.25, -0.2) is 37.7 Å². The number of anilines is 1. The van der Waals surface area contributed by atoms with Gasteiger partial charge in [0.05, 0.1) is 31.5 Å². The molecule has 4 aliphatic rings. The first-order valence-corrected chi connectivity index (χ1v) is 22.9. The second-order valence-corrected chi connectivity index (χ2v) is 19.6. The smallest absolute Gasteiger partial charge is 0.423 e. The van der Waals surface area contributed by atoms with Gasteiger partial charge in [-0.05, 0) is 60.6 Å². The van der Waals surface area contributed by atoms with Crippen LogP contribution in [0.3, 0.4) is 0 Å². The van der Waals surface area contributed by atoms with Crippen LogP contribution >= 0.6 is 26.0 Å². The average molecular weight is 893 g/mol. The maximum Gasteiger partial charge on any atom is 0.472 e. The summed E-state index contributed by atoms with van der Waals surface area (Å²) in [4.78, 5) is 61.2. The fourth-order valence-electron chi connectivity index (χ4n) is 6.95. The number of carbonyl (C=O) groups excluding carboxylic acids is 3. The Morgan fingerprint density at radius 2 is 1.72 bits per heavy atom. The second kappa shape index (κ2) is 16.8. The number of allylic oxidation sites excluding steroid dienone is 1. The van der Waals surface area contributed by atoms with Gasteiger partial charge < -0.3 is 24.8 Å². The average Bonchev–Trinajstić information content (AvgIpc) is 3.86. The zero-order valence-corrected chi connectivity index (χ0v) is 34.1. The van der Waals surface area contributed by atoms with Gasteiger partial charge in [0.2, 0.25) is 5.91 Å². The number of esters is 1. The van der Waals surface area contributed by atoms with E-state index in [0.717, 1.165) is 34.6 Å². The maximum absolute atomic E-state index is 16.5. The molecule has 10 atom stereocenters. The minimum Gasteiger partial charge on any atom is -0.423 e. The third-order valence-electron chi connectivity index (χ3n) is 9.93. The molecule has 3 saturated heterocycles. The van der Waals surface area contributed by atoms with E-state index in [-0.39, 0.29) is 28.5 Å². The second-order valence-electron chi connectivity index (χ2n) is 14.1. The normalized spacial score (nSPS) is 32.3. The van der Waals surface area contributed by atoms with Crippen molar-refractivity contribution in [1.29, 1.82) is 0 Å². The number of nitrogens with zero attached hydrogens (tertiary/aromatic N) is 5. The Kier molecular flexibility index (Phi) is 11.8. The highest BCUT2D eigenvalue weighted by atomic mass is 32.7. The van der Waals surface area contributed by atoms with E-state index >= 15 is 8.78 Å². The molecule has 4 aromatic rings. The molecule has 1 amide bonds. The van der Waals surface area contributed by atoms with Crippen LogP contribution in [0.5, 0.6) is 5.75 Å². The molecule has 0 aliphatic carbocycles. The van der Waals surface area contributed by atoms with E-state index in [9.17, 15) is 28.4 Å². The van der Waals surface area contributed by atoms with Crippen molar-refractivity contribution < 1.29 is 69.5 Å². The molecule has 2 unspecified atom stereocenters. The zero-order valence-electron chi connectivity index (χ0n) is 31.5. The van der Waals surface area contributed by atoms with Gasteiger partial charge in [-0.2, -0.15) is 0 Å². The molecule has 3 fully saturated rings. The van der Waals surface area contributed by atoms with Crippen LogP contribution in [-0.4, -0.2) is 103 Å². The van der Waals surface area contributed by atoms with Crippen LogP contribution in [-0.2, 0) is 52.0 Å². The molecular weight excluding hydrogens is 856 g/mol. The molecular formula is C36H36F2N6O13P2S. The summed E-state index contributed by atoms with van der Waals surface area (Å²) in [7, 11) is -5.26. The van der Waals surface area contributed by atoms with Crippen molar-refractivity contribution in [2.75, 3.05) is 18.9 Å². The highest BCUT2D eigenvalue weighted by molar-refractivity contribution is 8.54. The molecule has 8 rings (SSSR count). The summed E-state index contributed by atoms with van der Waals surface area (Å²) < 4.78 is 102. The Hall–Kier alpha value is -4.47. The molecule has 0 saturated carbocycles. The molecule has 2 aromatic heterocycles. The van der Waals surface area contributed by atoms with E-state index in [4.69, 9.17) is 38.0 Å². The third-order valence-corrected chi connectivity index (χ3v) is 14.6. The van der Waals surface area contributed by atoms with Crippen molar-refractivity contribution in [2.45, 2.75) is 75.2 Å². The lowest BCUT2D eigenvalue weighted by Gasteiger charge is -2.28. The number of ether oxygens (including phenoxy) is 3. The van der Waals surface area contributed by atoms with Gasteiger partial charge in [-0.15, -0.1) is 0 Å². The van der Waals surface area contributed by atoms with Crippen LogP contribution in [0, 0.1) is 13.8 Å². The van der Waals surface area contributed by atoms with E-state index in [1.54, 1.807) is 31.2 Å². The fraction of sp³-hybridized carbons (Fsp3) is 0.389. The van der Waals surface area contributed by atoms with Gasteiger partial charge in [0, 0.05) is 12.0 Å². The number of aromatic nitrogens is 4. The van der Waals surface area contributed by atoms with Gasteiger partial charge in [-0.3, -0.25) is 37.2 Å². The van der Waals surface area contributed by atoms with Crippen LogP contribution in [0.25, 0.3) is 11.2 Å². The largest absolute Gasteiger partial charge is 0.472 e. The third kappa shape index (κ3) is 8.67. The number of phosphoric acid groups is 1. The molecule has 19 nitrogen and oxygen atoms in total. The number of ketones is 1. The number of hydrogen-bond acceptors (Lipinski definition) is 17. The SMILES string of the molecule is Cc1ccc(C(=O)Oc2ccc(CSP3(=O)OC[C@H]4O[C@@H](N5C=CC(=O)CC5=O)[C@H](F)[C@@H]4OP(=O)(O)OC[C@H]4O[C@@H](n5cnc6c(N)ncnc65)[C@H](O3)[C@@H]4F)cc2)c(C)c1. The van der Waals surface area contributed by atoms with Crippen molar-refractivity contribution in [2.24, 2.45) is 0 Å². The Morgan fingerprint density at radius 1 is 0.967 bits per heavy atom. The van der Waals surface area contributed by atoms with Crippen LogP contribution < -0.4 is 10.5 Å². The van der Waals surface area contributed by atoms with E-state index in [0.29, 0.717) is 22.5 Å². The lowest BCUT2D eigenvalue weighted by Crippen LogP contribution is -2.44. The van der Waals surface area contributed by atoms with Crippen LogP contribution in [0.15, 0.2) is 67.4 Å². The summed E-state index contributed by atoms with van der Waals surface area (Å²) in [6.07, 6.45) is -11.1. The number of amides is 1. The number of imidazole rings is 1. The number of nitrogen functional groups attached to an aromatic ring is 1. The quantitative estimate of drug-likeness (QED) is 0.109. The lowest BCUT2D eigenvalue weighted by molar-refractivity contribution is -0.146. The molecule has 6 heterocycles. The molecule has 60 heavy (non-hydrogen) atoms. The Bertz CT molecular complexity index is 2460. The molecule has 4 aliphatic heterocycles. The molecule has 0 radical (unpaired) electrons. The summed E-state index contributed by atoms with van der Waals surface area (Å²) in [6.45, 7) is -2.74. The number of hydrogen-bond donors (Lipinski definition) is 2. The van der Waals surface area contributed by atoms with Gasteiger partial charge in [0.25, 0.3) is 0 Å². The topological polar surface area (TPSA) is 243 Å². The number of carbonyl (C=O) groups is 3. The fourth-order valence-corrected chi connectivity index (χ4v) is 11.3. The summed E-state index contributed by atoms with van der Waals surface area (Å²) in [5, 5.41) is 0. The molecule has 2 aromatic carbocycles. The van der Waals surface area contributed by atoms with E-state index < -0.39 is 101 Å². The van der Waals surface area contributed by atoms with Crippen molar-refractivity contribution in [3.8, 4) is 5.75 Å². The van der Waals surface area contributed by atoms with E-state index in [1.165, 1.54) is 23.0 Å². The number of aryl methyl sites for hydroxylation is 2. The minimum absolute atomic E-state index is 0.00838.